The number of hydrogen-bond donors (Lipinski definition) is 4. The molecule has 1 aliphatic rings. The van der Waals surface area contributed by atoms with Crippen LogP contribution >= 0.6 is 0 Å². The van der Waals surface area contributed by atoms with E-state index in [1.54, 1.807) is 25.4 Å². The number of carboxylic acid groups (broad SMARTS) is 1. The smallest absolute Gasteiger partial charge is 0.409 e. The van der Waals surface area contributed by atoms with Crippen LogP contribution < -0.4 is 26.3 Å². The summed E-state index contributed by atoms with van der Waals surface area (Å²) in [6, 6.07) is 11.1. The van der Waals surface area contributed by atoms with Crippen LogP contribution in [0.3, 0.4) is 0 Å². The first kappa shape index (κ1) is 21.9. The first-order valence-electron chi connectivity index (χ1n) is 10.3. The largest absolute Gasteiger partial charge is 0.493 e. The molecule has 9 nitrogen and oxygen atoms in total. The van der Waals surface area contributed by atoms with E-state index in [0.717, 1.165) is 27.8 Å². The standard InChI is InChI=1S/C24H25N5O4/c1-24(2)11-18(14-4-6-16(7-5-14)28-23(30)31)17-9-13(10-19(32-3)20(17)33-24)8-15-12-27-22(26)29-21(15)25/h4-7,9-12,28H,8H2,1-3H3,(H,30,31)(H4,25,26,27,29). The maximum Gasteiger partial charge on any atom is 0.409 e. The summed E-state index contributed by atoms with van der Waals surface area (Å²) in [6.45, 7) is 3.94. The summed E-state index contributed by atoms with van der Waals surface area (Å²) in [5.74, 6) is 1.69. The highest BCUT2D eigenvalue weighted by Crippen LogP contribution is 2.45. The lowest BCUT2D eigenvalue weighted by atomic mass is 9.88. The molecule has 6 N–H and O–H groups in total. The summed E-state index contributed by atoms with van der Waals surface area (Å²) in [5.41, 5.74) is 16.0. The SMILES string of the molecule is COc1cc(Cc2cnc(N)nc2N)cc2c1OC(C)(C)C=C2c1ccc(NC(=O)O)cc1. The Morgan fingerprint density at radius 3 is 2.58 bits per heavy atom. The molecule has 2 heterocycles. The molecular formula is C24H25N5O4. The van der Waals surface area contributed by atoms with Gasteiger partial charge in [0.15, 0.2) is 11.5 Å². The van der Waals surface area contributed by atoms with Crippen molar-refractivity contribution in [3.8, 4) is 11.5 Å². The van der Waals surface area contributed by atoms with Crippen LogP contribution in [-0.2, 0) is 6.42 Å². The number of amides is 1. The van der Waals surface area contributed by atoms with Crippen LogP contribution in [0.15, 0.2) is 48.7 Å². The van der Waals surface area contributed by atoms with Crippen molar-refractivity contribution in [3.05, 3.63) is 70.9 Å². The van der Waals surface area contributed by atoms with Crippen LogP contribution in [0.1, 0.15) is 36.1 Å². The number of benzene rings is 2. The number of carbonyl (C=O) groups is 1. The van der Waals surface area contributed by atoms with Gasteiger partial charge in [0.1, 0.15) is 11.4 Å². The maximum atomic E-state index is 10.9. The Kier molecular flexibility index (Phi) is 5.55. The van der Waals surface area contributed by atoms with Gasteiger partial charge in [0.25, 0.3) is 0 Å². The van der Waals surface area contributed by atoms with E-state index in [1.165, 1.54) is 0 Å². The first-order chi connectivity index (χ1) is 15.6. The quantitative estimate of drug-likeness (QED) is 0.460. The van der Waals surface area contributed by atoms with Crippen molar-refractivity contribution < 1.29 is 19.4 Å². The molecule has 9 heteroatoms. The number of ether oxygens (including phenoxy) is 2. The van der Waals surface area contributed by atoms with Crippen LogP contribution in [-0.4, -0.2) is 33.9 Å². The Morgan fingerprint density at radius 2 is 1.94 bits per heavy atom. The number of fused-ring (bicyclic) bond motifs is 1. The van der Waals surface area contributed by atoms with Gasteiger partial charge >= 0.3 is 6.09 Å². The van der Waals surface area contributed by atoms with Gasteiger partial charge in [-0.15, -0.1) is 0 Å². The van der Waals surface area contributed by atoms with Crippen molar-refractivity contribution in [1.29, 1.82) is 0 Å². The number of nitrogen functional groups attached to an aromatic ring is 2. The highest BCUT2D eigenvalue weighted by atomic mass is 16.5. The van der Waals surface area contributed by atoms with E-state index in [2.05, 4.69) is 15.3 Å². The summed E-state index contributed by atoms with van der Waals surface area (Å²) in [7, 11) is 1.60. The summed E-state index contributed by atoms with van der Waals surface area (Å²) in [4.78, 5) is 19.0. The Balaban J connectivity index is 1.79. The highest BCUT2D eigenvalue weighted by Gasteiger charge is 2.30. The van der Waals surface area contributed by atoms with Crippen molar-refractivity contribution in [3.63, 3.8) is 0 Å². The molecule has 0 atom stereocenters. The average molecular weight is 447 g/mol. The number of aromatic nitrogens is 2. The molecule has 1 amide bonds. The minimum Gasteiger partial charge on any atom is -0.493 e. The van der Waals surface area contributed by atoms with Crippen LogP contribution in [0.25, 0.3) is 5.57 Å². The number of rotatable bonds is 5. The molecule has 2 aromatic carbocycles. The van der Waals surface area contributed by atoms with E-state index in [9.17, 15) is 4.79 Å². The summed E-state index contributed by atoms with van der Waals surface area (Å²) >= 11 is 0. The third-order valence-electron chi connectivity index (χ3n) is 5.24. The predicted octanol–water partition coefficient (Wildman–Crippen LogP) is 3.93. The topological polar surface area (TPSA) is 146 Å². The minimum atomic E-state index is -1.11. The molecule has 0 fully saturated rings. The first-order valence-corrected chi connectivity index (χ1v) is 10.3. The summed E-state index contributed by atoms with van der Waals surface area (Å²) < 4.78 is 11.9. The molecule has 4 rings (SSSR count). The third kappa shape index (κ3) is 4.67. The fourth-order valence-electron chi connectivity index (χ4n) is 3.82. The van der Waals surface area contributed by atoms with Crippen LogP contribution in [0.2, 0.25) is 0 Å². The van der Waals surface area contributed by atoms with Gasteiger partial charge in [-0.05, 0) is 60.9 Å². The van der Waals surface area contributed by atoms with Crippen LogP contribution in [0, 0.1) is 0 Å². The Morgan fingerprint density at radius 1 is 1.21 bits per heavy atom. The van der Waals surface area contributed by atoms with E-state index in [-0.39, 0.29) is 5.95 Å². The van der Waals surface area contributed by atoms with Gasteiger partial charge in [-0.2, -0.15) is 4.98 Å². The lowest BCUT2D eigenvalue weighted by Gasteiger charge is -2.32. The lowest BCUT2D eigenvalue weighted by molar-refractivity contribution is 0.151. The zero-order valence-corrected chi connectivity index (χ0v) is 18.5. The summed E-state index contributed by atoms with van der Waals surface area (Å²) in [5, 5.41) is 11.3. The second-order valence-corrected chi connectivity index (χ2v) is 8.26. The van der Waals surface area contributed by atoms with E-state index in [0.29, 0.717) is 29.4 Å². The van der Waals surface area contributed by atoms with E-state index in [4.69, 9.17) is 26.0 Å². The van der Waals surface area contributed by atoms with Crippen molar-refractivity contribution in [1.82, 2.24) is 9.97 Å². The minimum absolute atomic E-state index is 0.126. The van der Waals surface area contributed by atoms with Crippen LogP contribution in [0.4, 0.5) is 22.2 Å². The normalized spacial score (nSPS) is 14.0. The molecule has 0 saturated carbocycles. The molecule has 0 spiro atoms. The number of nitrogens with one attached hydrogen (secondary N) is 1. The fraction of sp³-hybridized carbons (Fsp3) is 0.208. The maximum absolute atomic E-state index is 10.9. The Labute approximate surface area is 191 Å². The number of hydrogen-bond acceptors (Lipinski definition) is 7. The predicted molar refractivity (Wildman–Crippen MR) is 127 cm³/mol. The number of anilines is 3. The van der Waals surface area contributed by atoms with E-state index in [1.807, 2.05) is 44.2 Å². The second-order valence-electron chi connectivity index (χ2n) is 8.26. The second kappa shape index (κ2) is 8.34. The van der Waals surface area contributed by atoms with Crippen molar-refractivity contribution in [2.24, 2.45) is 0 Å². The van der Waals surface area contributed by atoms with Crippen molar-refractivity contribution >= 4 is 29.1 Å². The van der Waals surface area contributed by atoms with Gasteiger partial charge in [0.2, 0.25) is 5.95 Å². The Bertz CT molecular complexity index is 1250. The molecule has 0 radical (unpaired) electrons. The highest BCUT2D eigenvalue weighted by molar-refractivity contribution is 5.88. The molecule has 33 heavy (non-hydrogen) atoms. The van der Waals surface area contributed by atoms with E-state index >= 15 is 0 Å². The zero-order valence-electron chi connectivity index (χ0n) is 18.5. The molecule has 170 valence electrons. The zero-order chi connectivity index (χ0) is 23.8. The molecule has 0 bridgehead atoms. The third-order valence-corrected chi connectivity index (χ3v) is 5.24. The molecule has 0 saturated heterocycles. The van der Waals surface area contributed by atoms with Gasteiger partial charge in [0, 0.05) is 29.4 Å². The van der Waals surface area contributed by atoms with Gasteiger partial charge in [-0.1, -0.05) is 12.1 Å². The summed E-state index contributed by atoms with van der Waals surface area (Å²) in [6.07, 6.45) is 3.03. The molecular weight excluding hydrogens is 422 g/mol. The fourth-order valence-corrected chi connectivity index (χ4v) is 3.82. The molecule has 0 unspecified atom stereocenters. The van der Waals surface area contributed by atoms with Crippen LogP contribution in [0.5, 0.6) is 11.5 Å². The number of methoxy groups -OCH3 is 1. The average Bonchev–Trinajstić information content (AvgIpc) is 2.75. The Hall–Kier alpha value is -4.27. The molecule has 1 aliphatic heterocycles. The van der Waals surface area contributed by atoms with Crippen molar-refractivity contribution in [2.45, 2.75) is 25.9 Å². The molecule has 3 aromatic rings. The van der Waals surface area contributed by atoms with Gasteiger partial charge < -0.3 is 26.0 Å². The number of nitrogens with zero attached hydrogens (tertiary/aromatic N) is 2. The van der Waals surface area contributed by atoms with E-state index < -0.39 is 11.7 Å². The van der Waals surface area contributed by atoms with Crippen molar-refractivity contribution in [2.75, 3.05) is 23.9 Å². The van der Waals surface area contributed by atoms with Gasteiger partial charge in [-0.3, -0.25) is 5.32 Å². The molecule has 0 aliphatic carbocycles. The number of nitrogens with two attached hydrogens (primary N) is 2. The molecule has 1 aromatic heterocycles. The lowest BCUT2D eigenvalue weighted by Crippen LogP contribution is -2.29. The van der Waals surface area contributed by atoms with Gasteiger partial charge in [-0.25, -0.2) is 9.78 Å². The van der Waals surface area contributed by atoms with Gasteiger partial charge in [0.05, 0.1) is 7.11 Å². The monoisotopic (exact) mass is 447 g/mol.